The van der Waals surface area contributed by atoms with Crippen molar-refractivity contribution in [1.29, 1.82) is 0 Å². The van der Waals surface area contributed by atoms with Gasteiger partial charge in [0.15, 0.2) is 0 Å². The molecule has 0 aliphatic carbocycles. The minimum atomic E-state index is -5.10. The Hall–Kier alpha value is -1.44. The first-order valence-electron chi connectivity index (χ1n) is 3.97. The van der Waals surface area contributed by atoms with E-state index >= 15 is 0 Å². The van der Waals surface area contributed by atoms with Crippen LogP contribution in [0.3, 0.4) is 0 Å². The van der Waals surface area contributed by atoms with Crippen LogP contribution in [0.2, 0.25) is 5.02 Å². The maximum absolute atomic E-state index is 12.4. The highest BCUT2D eigenvalue weighted by molar-refractivity contribution is 6.31. The van der Waals surface area contributed by atoms with Gasteiger partial charge in [0.2, 0.25) is 0 Å². The summed E-state index contributed by atoms with van der Waals surface area (Å²) in [5.41, 5.74) is -4.20. The maximum Gasteiger partial charge on any atom is 0.423 e. The molecule has 17 heavy (non-hydrogen) atoms. The lowest BCUT2D eigenvalue weighted by molar-refractivity contribution is -0.388. The maximum atomic E-state index is 12.4. The number of nitro benzene ring substituents is 1. The highest BCUT2D eigenvalue weighted by Gasteiger charge is 2.39. The first-order chi connectivity index (χ1) is 7.64. The molecule has 0 aliphatic heterocycles. The lowest BCUT2D eigenvalue weighted by Gasteiger charge is -2.10. The van der Waals surface area contributed by atoms with E-state index < -0.39 is 39.4 Å². The lowest BCUT2D eigenvalue weighted by atomic mass is 10.1. The monoisotopic (exact) mass is 275 g/mol. The molecule has 0 bridgehead atoms. The second-order valence-corrected chi connectivity index (χ2v) is 3.35. The van der Waals surface area contributed by atoms with Gasteiger partial charge in [-0.2, -0.15) is 13.2 Å². The van der Waals surface area contributed by atoms with Crippen LogP contribution in [-0.2, 0) is 6.18 Å². The molecule has 0 fully saturated rings. The number of alkyl halides is 5. The van der Waals surface area contributed by atoms with Crippen molar-refractivity contribution in [2.75, 3.05) is 0 Å². The minimum absolute atomic E-state index is 0.00880. The number of halogens is 6. The van der Waals surface area contributed by atoms with Crippen LogP contribution in [0.1, 0.15) is 17.6 Å². The van der Waals surface area contributed by atoms with Gasteiger partial charge >= 0.3 is 6.18 Å². The molecule has 1 rings (SSSR count). The van der Waals surface area contributed by atoms with Gasteiger partial charge in [0, 0.05) is 11.6 Å². The molecule has 0 spiro atoms. The summed E-state index contributed by atoms with van der Waals surface area (Å²) in [6.45, 7) is 0. The SMILES string of the molecule is O=[N+]([O-])c1cc(Cl)c(C(F)F)cc1C(F)(F)F. The predicted molar refractivity (Wildman–Crippen MR) is 48.1 cm³/mol. The van der Waals surface area contributed by atoms with Gasteiger partial charge in [-0.1, -0.05) is 11.6 Å². The summed E-state index contributed by atoms with van der Waals surface area (Å²) in [5, 5.41) is 9.58. The molecule has 0 saturated carbocycles. The van der Waals surface area contributed by atoms with Crippen molar-refractivity contribution in [3.8, 4) is 0 Å². The Labute approximate surface area is 95.9 Å². The average molecular weight is 276 g/mol. The second kappa shape index (κ2) is 4.44. The largest absolute Gasteiger partial charge is 0.423 e. The molecule has 3 nitrogen and oxygen atoms in total. The van der Waals surface area contributed by atoms with Crippen LogP contribution in [0.25, 0.3) is 0 Å². The number of nitrogens with zero attached hydrogens (tertiary/aromatic N) is 1. The van der Waals surface area contributed by atoms with Crippen LogP contribution in [0.5, 0.6) is 0 Å². The van der Waals surface area contributed by atoms with Gasteiger partial charge in [-0.15, -0.1) is 0 Å². The molecule has 0 amide bonds. The Bertz CT molecular complexity index is 460. The van der Waals surface area contributed by atoms with E-state index in [4.69, 9.17) is 11.6 Å². The van der Waals surface area contributed by atoms with Crippen molar-refractivity contribution in [3.05, 3.63) is 38.4 Å². The van der Waals surface area contributed by atoms with Crippen molar-refractivity contribution in [2.45, 2.75) is 12.6 Å². The number of hydrogen-bond acceptors (Lipinski definition) is 2. The molecular weight excluding hydrogens is 273 g/mol. The van der Waals surface area contributed by atoms with Crippen molar-refractivity contribution >= 4 is 17.3 Å². The zero-order valence-electron chi connectivity index (χ0n) is 7.76. The summed E-state index contributed by atoms with van der Waals surface area (Å²) in [7, 11) is 0. The highest BCUT2D eigenvalue weighted by Crippen LogP contribution is 2.41. The topological polar surface area (TPSA) is 43.1 Å². The fourth-order valence-corrected chi connectivity index (χ4v) is 1.37. The normalized spacial score (nSPS) is 11.9. The van der Waals surface area contributed by atoms with Gasteiger partial charge in [0.25, 0.3) is 12.1 Å². The molecule has 0 N–H and O–H groups in total. The molecular formula is C8H3ClF5NO2. The number of rotatable bonds is 2. The Morgan fingerprint density at radius 1 is 1.29 bits per heavy atom. The number of hydrogen-bond donors (Lipinski definition) is 0. The summed E-state index contributed by atoms with van der Waals surface area (Å²) in [4.78, 5) is 9.03. The van der Waals surface area contributed by atoms with Crippen molar-refractivity contribution in [1.82, 2.24) is 0 Å². The molecule has 1 aromatic carbocycles. The molecule has 0 radical (unpaired) electrons. The summed E-state index contributed by atoms with van der Waals surface area (Å²) in [5.74, 6) is 0. The van der Waals surface area contributed by atoms with E-state index in [0.717, 1.165) is 0 Å². The van der Waals surface area contributed by atoms with Crippen LogP contribution >= 0.6 is 11.6 Å². The predicted octanol–water partition coefficient (Wildman–Crippen LogP) is 4.20. The van der Waals surface area contributed by atoms with Crippen LogP contribution in [0, 0.1) is 10.1 Å². The minimum Gasteiger partial charge on any atom is -0.258 e. The van der Waals surface area contributed by atoms with Crippen LogP contribution < -0.4 is 0 Å². The first-order valence-corrected chi connectivity index (χ1v) is 4.35. The molecule has 0 atom stereocenters. The molecule has 1 aromatic rings. The zero-order valence-corrected chi connectivity index (χ0v) is 8.52. The summed E-state index contributed by atoms with van der Waals surface area (Å²) < 4.78 is 61.8. The van der Waals surface area contributed by atoms with E-state index in [2.05, 4.69) is 0 Å². The van der Waals surface area contributed by atoms with Crippen LogP contribution in [0.4, 0.5) is 27.6 Å². The zero-order chi connectivity index (χ0) is 13.4. The van der Waals surface area contributed by atoms with Gasteiger partial charge in [0.05, 0.1) is 9.95 Å². The van der Waals surface area contributed by atoms with E-state index in [-0.39, 0.29) is 12.1 Å². The fraction of sp³-hybridized carbons (Fsp3) is 0.250. The Balaban J connectivity index is 3.54. The van der Waals surface area contributed by atoms with E-state index in [1.165, 1.54) is 0 Å². The Morgan fingerprint density at radius 2 is 1.82 bits per heavy atom. The van der Waals surface area contributed by atoms with E-state index in [0.29, 0.717) is 0 Å². The molecule has 0 saturated heterocycles. The van der Waals surface area contributed by atoms with E-state index in [1.54, 1.807) is 0 Å². The summed E-state index contributed by atoms with van der Waals surface area (Å²) in [6.07, 6.45) is -8.35. The van der Waals surface area contributed by atoms with E-state index in [9.17, 15) is 32.1 Å². The van der Waals surface area contributed by atoms with Gasteiger partial charge in [-0.05, 0) is 6.07 Å². The fourth-order valence-electron chi connectivity index (χ4n) is 1.12. The van der Waals surface area contributed by atoms with Gasteiger partial charge in [0.1, 0.15) is 5.56 Å². The van der Waals surface area contributed by atoms with Crippen molar-refractivity contribution < 1.29 is 26.9 Å². The van der Waals surface area contributed by atoms with E-state index in [1.807, 2.05) is 0 Å². The third kappa shape index (κ3) is 2.82. The second-order valence-electron chi connectivity index (χ2n) is 2.95. The van der Waals surface area contributed by atoms with Crippen molar-refractivity contribution in [2.24, 2.45) is 0 Å². The third-order valence-corrected chi connectivity index (χ3v) is 2.18. The smallest absolute Gasteiger partial charge is 0.258 e. The summed E-state index contributed by atoms with van der Waals surface area (Å²) >= 11 is 5.24. The standard InChI is InChI=1S/C8H3ClF5NO2/c9-5-2-6(15(16)17)4(8(12,13)14)1-3(5)7(10)11/h1-2,7H. The third-order valence-electron chi connectivity index (χ3n) is 1.85. The molecule has 0 heterocycles. The Morgan fingerprint density at radius 3 is 2.18 bits per heavy atom. The van der Waals surface area contributed by atoms with Crippen LogP contribution in [0.15, 0.2) is 12.1 Å². The highest BCUT2D eigenvalue weighted by atomic mass is 35.5. The molecule has 0 aliphatic rings. The van der Waals surface area contributed by atoms with Crippen LogP contribution in [-0.4, -0.2) is 4.92 Å². The van der Waals surface area contributed by atoms with Gasteiger partial charge in [-0.25, -0.2) is 8.78 Å². The molecule has 94 valence electrons. The van der Waals surface area contributed by atoms with Gasteiger partial charge < -0.3 is 0 Å². The molecule has 9 heteroatoms. The molecule has 0 aromatic heterocycles. The van der Waals surface area contributed by atoms with Gasteiger partial charge in [-0.3, -0.25) is 10.1 Å². The lowest BCUT2D eigenvalue weighted by Crippen LogP contribution is -2.10. The Kier molecular flexibility index (Phi) is 3.56. The van der Waals surface area contributed by atoms with Crippen molar-refractivity contribution in [3.63, 3.8) is 0 Å². The molecule has 0 unspecified atom stereocenters. The average Bonchev–Trinajstić information content (AvgIpc) is 2.14. The first kappa shape index (κ1) is 13.6. The number of benzene rings is 1. The number of nitro groups is 1. The summed E-state index contributed by atoms with van der Waals surface area (Å²) in [6, 6.07) is 0.261. The quantitative estimate of drug-likeness (QED) is 0.461.